The average molecular weight is 304 g/mol. The molecule has 2 N–H and O–H groups in total. The molecule has 0 bridgehead atoms. The second-order valence-electron chi connectivity index (χ2n) is 4.16. The Balaban J connectivity index is 1.91. The van der Waals surface area contributed by atoms with E-state index in [1.807, 2.05) is 0 Å². The Kier molecular flexibility index (Phi) is 5.43. The van der Waals surface area contributed by atoms with Crippen LogP contribution in [0.4, 0.5) is 9.52 Å². The van der Waals surface area contributed by atoms with Gasteiger partial charge in [-0.25, -0.2) is 9.37 Å². The number of benzene rings is 1. The van der Waals surface area contributed by atoms with E-state index in [-0.39, 0.29) is 24.8 Å². The number of aromatic nitrogens is 1. The number of nitrogens with zero attached hydrogens (tertiary/aromatic N) is 1. The fourth-order valence-corrected chi connectivity index (χ4v) is 2.25. The van der Waals surface area contributed by atoms with Crippen LogP contribution in [0.2, 0.25) is 0 Å². The lowest BCUT2D eigenvalue weighted by Gasteiger charge is -2.01. The van der Waals surface area contributed by atoms with Gasteiger partial charge in [0.2, 0.25) is 5.91 Å². The van der Waals surface area contributed by atoms with Crippen molar-refractivity contribution in [2.75, 3.05) is 11.9 Å². The zero-order valence-electron chi connectivity index (χ0n) is 11.1. The van der Waals surface area contributed by atoms with Crippen molar-refractivity contribution in [3.05, 3.63) is 46.7 Å². The first kappa shape index (κ1) is 15.2. The van der Waals surface area contributed by atoms with Gasteiger partial charge >= 0.3 is 0 Å². The van der Waals surface area contributed by atoms with Gasteiger partial charge in [-0.05, 0) is 17.7 Å². The van der Waals surface area contributed by atoms with E-state index >= 15 is 0 Å². The standard InChI is InChI=1S/C15H13FN2O2S/c16-12-6-4-11(5-7-12)9-14(20)18-15-17-10-13(21-15)3-1-2-8-19/h4-7,10,19H,2,8-9H2,(H,17,18,20). The summed E-state index contributed by atoms with van der Waals surface area (Å²) in [7, 11) is 0. The van der Waals surface area contributed by atoms with Crippen molar-refractivity contribution < 1.29 is 14.3 Å². The Bertz CT molecular complexity index is 671. The van der Waals surface area contributed by atoms with Gasteiger partial charge in [0.05, 0.1) is 24.1 Å². The molecule has 0 spiro atoms. The number of hydrogen-bond acceptors (Lipinski definition) is 4. The normalized spacial score (nSPS) is 9.81. The molecule has 1 aromatic carbocycles. The maximum atomic E-state index is 12.8. The van der Waals surface area contributed by atoms with E-state index in [4.69, 9.17) is 5.11 Å². The zero-order valence-corrected chi connectivity index (χ0v) is 11.9. The molecule has 1 amide bonds. The molecule has 2 aromatic rings. The monoisotopic (exact) mass is 304 g/mol. The first-order valence-electron chi connectivity index (χ1n) is 6.27. The van der Waals surface area contributed by atoms with Crippen LogP contribution in [0.5, 0.6) is 0 Å². The zero-order chi connectivity index (χ0) is 15.1. The van der Waals surface area contributed by atoms with Gasteiger partial charge in [-0.15, -0.1) is 0 Å². The summed E-state index contributed by atoms with van der Waals surface area (Å²) in [6, 6.07) is 5.78. The van der Waals surface area contributed by atoms with Crippen LogP contribution in [0.1, 0.15) is 16.9 Å². The first-order valence-corrected chi connectivity index (χ1v) is 7.09. The number of hydrogen-bond donors (Lipinski definition) is 2. The molecular formula is C15H13FN2O2S. The van der Waals surface area contributed by atoms with Crippen molar-refractivity contribution >= 4 is 22.4 Å². The Hall–Kier alpha value is -2.23. The van der Waals surface area contributed by atoms with Gasteiger partial charge in [0.1, 0.15) is 5.82 Å². The molecule has 2 rings (SSSR count). The minimum absolute atomic E-state index is 0.0209. The molecule has 0 aliphatic heterocycles. The van der Waals surface area contributed by atoms with E-state index in [0.29, 0.717) is 11.6 Å². The number of carbonyl (C=O) groups is 1. The van der Waals surface area contributed by atoms with Crippen LogP contribution in [0, 0.1) is 17.7 Å². The summed E-state index contributed by atoms with van der Waals surface area (Å²) >= 11 is 1.27. The number of nitrogens with one attached hydrogen (secondary N) is 1. The summed E-state index contributed by atoms with van der Waals surface area (Å²) < 4.78 is 12.8. The van der Waals surface area contributed by atoms with E-state index in [1.54, 1.807) is 18.3 Å². The molecule has 0 atom stereocenters. The minimum atomic E-state index is -0.329. The third kappa shape index (κ3) is 4.99. The van der Waals surface area contributed by atoms with Crippen LogP contribution in [0.3, 0.4) is 0 Å². The molecule has 0 aliphatic rings. The number of halogens is 1. The molecule has 0 aliphatic carbocycles. The van der Waals surface area contributed by atoms with E-state index < -0.39 is 0 Å². The molecule has 21 heavy (non-hydrogen) atoms. The second-order valence-corrected chi connectivity index (χ2v) is 5.19. The van der Waals surface area contributed by atoms with Gasteiger partial charge in [0.25, 0.3) is 0 Å². The summed E-state index contributed by atoms with van der Waals surface area (Å²) in [6.45, 7) is 0.0209. The molecule has 0 radical (unpaired) electrons. The Morgan fingerprint density at radius 2 is 2.14 bits per heavy atom. The van der Waals surface area contributed by atoms with Crippen LogP contribution in [0.15, 0.2) is 30.5 Å². The molecule has 1 heterocycles. The molecule has 0 saturated carbocycles. The van der Waals surface area contributed by atoms with Crippen LogP contribution < -0.4 is 5.32 Å². The van der Waals surface area contributed by atoms with E-state index in [0.717, 1.165) is 10.4 Å². The van der Waals surface area contributed by atoms with E-state index in [9.17, 15) is 9.18 Å². The van der Waals surface area contributed by atoms with Crippen LogP contribution >= 0.6 is 11.3 Å². The summed E-state index contributed by atoms with van der Waals surface area (Å²) in [4.78, 5) is 16.6. The highest BCUT2D eigenvalue weighted by atomic mass is 32.1. The fourth-order valence-electron chi connectivity index (χ4n) is 1.55. The number of carbonyl (C=O) groups excluding carboxylic acids is 1. The lowest BCUT2D eigenvalue weighted by Crippen LogP contribution is -2.14. The molecule has 4 nitrogen and oxygen atoms in total. The Morgan fingerprint density at radius 3 is 2.86 bits per heavy atom. The lowest BCUT2D eigenvalue weighted by molar-refractivity contribution is -0.115. The van der Waals surface area contributed by atoms with Gasteiger partial charge in [0.15, 0.2) is 5.13 Å². The van der Waals surface area contributed by atoms with Crippen molar-refractivity contribution in [2.24, 2.45) is 0 Å². The van der Waals surface area contributed by atoms with Crippen molar-refractivity contribution in [3.63, 3.8) is 0 Å². The fraction of sp³-hybridized carbons (Fsp3) is 0.200. The summed E-state index contributed by atoms with van der Waals surface area (Å²) in [5.41, 5.74) is 0.730. The highest BCUT2D eigenvalue weighted by Gasteiger charge is 2.07. The van der Waals surface area contributed by atoms with Crippen molar-refractivity contribution in [1.82, 2.24) is 4.98 Å². The highest BCUT2D eigenvalue weighted by molar-refractivity contribution is 7.16. The maximum Gasteiger partial charge on any atom is 0.230 e. The largest absolute Gasteiger partial charge is 0.395 e. The van der Waals surface area contributed by atoms with E-state index in [1.165, 1.54) is 23.5 Å². The predicted octanol–water partition coefficient (Wildman–Crippen LogP) is 2.20. The predicted molar refractivity (Wildman–Crippen MR) is 79.4 cm³/mol. The molecule has 1 aromatic heterocycles. The van der Waals surface area contributed by atoms with Crippen LogP contribution in [-0.2, 0) is 11.2 Å². The summed E-state index contributed by atoms with van der Waals surface area (Å²) in [5, 5.41) is 11.8. The SMILES string of the molecule is O=C(Cc1ccc(F)cc1)Nc1ncc(C#CCCO)s1. The van der Waals surface area contributed by atoms with Gasteiger partial charge in [-0.3, -0.25) is 4.79 Å². The van der Waals surface area contributed by atoms with Crippen LogP contribution in [-0.4, -0.2) is 22.6 Å². The molecule has 0 saturated heterocycles. The third-order valence-electron chi connectivity index (χ3n) is 2.48. The highest BCUT2D eigenvalue weighted by Crippen LogP contribution is 2.17. The number of rotatable bonds is 4. The van der Waals surface area contributed by atoms with E-state index in [2.05, 4.69) is 22.1 Å². The van der Waals surface area contributed by atoms with Gasteiger partial charge in [-0.1, -0.05) is 35.3 Å². The van der Waals surface area contributed by atoms with Crippen molar-refractivity contribution in [1.29, 1.82) is 0 Å². The quantitative estimate of drug-likeness (QED) is 0.851. The van der Waals surface area contributed by atoms with Gasteiger partial charge in [0, 0.05) is 6.42 Å². The Morgan fingerprint density at radius 1 is 1.38 bits per heavy atom. The number of aliphatic hydroxyl groups excluding tert-OH is 1. The number of anilines is 1. The molecule has 0 fully saturated rings. The minimum Gasteiger partial charge on any atom is -0.395 e. The third-order valence-corrected chi connectivity index (χ3v) is 3.31. The number of aliphatic hydroxyl groups is 1. The van der Waals surface area contributed by atoms with Gasteiger partial charge < -0.3 is 10.4 Å². The first-order chi connectivity index (χ1) is 10.2. The van der Waals surface area contributed by atoms with Crippen molar-refractivity contribution in [3.8, 4) is 11.8 Å². The van der Waals surface area contributed by atoms with Crippen molar-refractivity contribution in [2.45, 2.75) is 12.8 Å². The smallest absolute Gasteiger partial charge is 0.230 e. The number of amides is 1. The maximum absolute atomic E-state index is 12.8. The lowest BCUT2D eigenvalue weighted by atomic mass is 10.1. The van der Waals surface area contributed by atoms with Gasteiger partial charge in [-0.2, -0.15) is 0 Å². The average Bonchev–Trinajstić information content (AvgIpc) is 2.89. The molecular weight excluding hydrogens is 291 g/mol. The topological polar surface area (TPSA) is 62.2 Å². The molecule has 0 unspecified atom stereocenters. The summed E-state index contributed by atoms with van der Waals surface area (Å²) in [6.07, 6.45) is 2.14. The summed E-state index contributed by atoms with van der Waals surface area (Å²) in [5.74, 6) is 5.09. The second kappa shape index (κ2) is 7.53. The Labute approximate surface area is 125 Å². The van der Waals surface area contributed by atoms with Crippen LogP contribution in [0.25, 0.3) is 0 Å². The molecule has 108 valence electrons. The molecule has 6 heteroatoms. The number of thiazole rings is 1.